The molecule has 0 aromatic carbocycles. The van der Waals surface area contributed by atoms with Gasteiger partial charge < -0.3 is 9.84 Å². The summed E-state index contributed by atoms with van der Waals surface area (Å²) in [7, 11) is 1.41. The molecule has 4 aromatic rings. The molecule has 36 heavy (non-hydrogen) atoms. The lowest BCUT2D eigenvalue weighted by Crippen LogP contribution is -2.27. The van der Waals surface area contributed by atoms with Crippen LogP contribution in [0, 0.1) is 0 Å². The standard InChI is InChI=1S/C23H22F3N7O3/c1-32(22(34)35)19-9-17-16(12-28-19)20(13-10-29-30-11-13)31-33(17)14-4-6-15(7-5-14)36-18-3-2-8-27-21(18)23(24,25)26/h2-3,8-12,14-15H,4-7H2,1H3,(H,29,30)(H,34,35). The number of carbonyl (C=O) groups is 1. The van der Waals surface area contributed by atoms with Gasteiger partial charge >= 0.3 is 12.3 Å². The van der Waals surface area contributed by atoms with E-state index >= 15 is 0 Å². The first-order valence-corrected chi connectivity index (χ1v) is 11.3. The molecule has 4 heterocycles. The van der Waals surface area contributed by atoms with Gasteiger partial charge in [-0.15, -0.1) is 0 Å². The summed E-state index contributed by atoms with van der Waals surface area (Å²) in [5.74, 6) is -0.0178. The van der Waals surface area contributed by atoms with E-state index in [9.17, 15) is 23.1 Å². The van der Waals surface area contributed by atoms with Gasteiger partial charge in [-0.2, -0.15) is 23.4 Å². The number of rotatable bonds is 5. The maximum Gasteiger partial charge on any atom is 0.437 e. The number of amides is 1. The fraction of sp³-hybridized carbons (Fsp3) is 0.348. The van der Waals surface area contributed by atoms with Gasteiger partial charge in [-0.3, -0.25) is 14.7 Å². The van der Waals surface area contributed by atoms with Crippen LogP contribution in [0.2, 0.25) is 0 Å². The van der Waals surface area contributed by atoms with E-state index in [1.165, 1.54) is 19.2 Å². The van der Waals surface area contributed by atoms with Crippen molar-refractivity contribution in [1.29, 1.82) is 0 Å². The van der Waals surface area contributed by atoms with Gasteiger partial charge in [-0.25, -0.2) is 14.8 Å². The average Bonchev–Trinajstić information content (AvgIpc) is 3.51. The fourth-order valence-corrected chi connectivity index (χ4v) is 4.46. The minimum atomic E-state index is -4.60. The van der Waals surface area contributed by atoms with Gasteiger partial charge in [0.2, 0.25) is 0 Å². The second kappa shape index (κ2) is 9.13. The van der Waals surface area contributed by atoms with Crippen molar-refractivity contribution in [2.45, 2.75) is 44.0 Å². The van der Waals surface area contributed by atoms with Crippen LogP contribution in [-0.2, 0) is 6.18 Å². The first kappa shape index (κ1) is 23.6. The van der Waals surface area contributed by atoms with E-state index in [-0.39, 0.29) is 17.6 Å². The molecule has 188 valence electrons. The van der Waals surface area contributed by atoms with E-state index in [1.54, 1.807) is 24.7 Å². The average molecular weight is 501 g/mol. The smallest absolute Gasteiger partial charge is 0.437 e. The van der Waals surface area contributed by atoms with Gasteiger partial charge in [0.1, 0.15) is 11.5 Å². The molecule has 0 bridgehead atoms. The number of carboxylic acid groups (broad SMARTS) is 1. The van der Waals surface area contributed by atoms with Gasteiger partial charge in [0.05, 0.1) is 23.9 Å². The molecule has 1 saturated carbocycles. The zero-order valence-electron chi connectivity index (χ0n) is 19.1. The molecule has 1 amide bonds. The summed E-state index contributed by atoms with van der Waals surface area (Å²) in [6.07, 6.45) is 2.16. The molecular formula is C23H22F3N7O3. The molecule has 0 aliphatic heterocycles. The Balaban J connectivity index is 1.41. The van der Waals surface area contributed by atoms with Crippen LogP contribution in [0.1, 0.15) is 37.4 Å². The van der Waals surface area contributed by atoms with E-state index in [1.807, 2.05) is 4.68 Å². The van der Waals surface area contributed by atoms with Crippen molar-refractivity contribution in [3.05, 3.63) is 48.7 Å². The highest BCUT2D eigenvalue weighted by molar-refractivity contribution is 5.95. The number of halogens is 3. The molecule has 4 aromatic heterocycles. The first-order chi connectivity index (χ1) is 17.2. The second-order valence-corrected chi connectivity index (χ2v) is 8.58. The van der Waals surface area contributed by atoms with Crippen molar-refractivity contribution in [3.8, 4) is 17.0 Å². The number of anilines is 1. The topological polar surface area (TPSA) is 122 Å². The molecule has 2 N–H and O–H groups in total. The summed E-state index contributed by atoms with van der Waals surface area (Å²) in [6, 6.07) is 4.32. The van der Waals surface area contributed by atoms with Gasteiger partial charge in [0.15, 0.2) is 11.4 Å². The minimum Gasteiger partial charge on any atom is -0.488 e. The van der Waals surface area contributed by atoms with Crippen LogP contribution >= 0.6 is 0 Å². The number of pyridine rings is 2. The zero-order valence-corrected chi connectivity index (χ0v) is 19.1. The molecular weight excluding hydrogens is 479 g/mol. The Hall–Kier alpha value is -4.16. The summed E-state index contributed by atoms with van der Waals surface area (Å²) in [4.78, 5) is 20.2. The maximum absolute atomic E-state index is 13.3. The predicted octanol–water partition coefficient (Wildman–Crippen LogP) is 4.91. The summed E-state index contributed by atoms with van der Waals surface area (Å²) in [5, 5.41) is 21.7. The van der Waals surface area contributed by atoms with Gasteiger partial charge in [-0.05, 0) is 37.8 Å². The molecule has 0 atom stereocenters. The number of aromatic nitrogens is 6. The quantitative estimate of drug-likeness (QED) is 0.398. The van der Waals surface area contributed by atoms with Crippen molar-refractivity contribution in [2.75, 3.05) is 11.9 Å². The monoisotopic (exact) mass is 501 g/mol. The first-order valence-electron chi connectivity index (χ1n) is 11.3. The Bertz CT molecular complexity index is 1380. The van der Waals surface area contributed by atoms with Gasteiger partial charge in [0, 0.05) is 42.7 Å². The third kappa shape index (κ3) is 4.43. The Kier molecular flexibility index (Phi) is 5.98. The van der Waals surface area contributed by atoms with Crippen LogP contribution < -0.4 is 9.64 Å². The lowest BCUT2D eigenvalue weighted by Gasteiger charge is -2.30. The minimum absolute atomic E-state index is 0.0608. The fourth-order valence-electron chi connectivity index (χ4n) is 4.46. The van der Waals surface area contributed by atoms with E-state index in [2.05, 4.69) is 20.2 Å². The van der Waals surface area contributed by atoms with Crippen LogP contribution in [0.5, 0.6) is 5.75 Å². The van der Waals surface area contributed by atoms with Gasteiger partial charge in [0.25, 0.3) is 0 Å². The van der Waals surface area contributed by atoms with E-state index in [0.717, 1.165) is 22.0 Å². The predicted molar refractivity (Wildman–Crippen MR) is 123 cm³/mol. The summed E-state index contributed by atoms with van der Waals surface area (Å²) < 4.78 is 47.4. The Labute approximate surface area is 202 Å². The van der Waals surface area contributed by atoms with Crippen molar-refractivity contribution in [3.63, 3.8) is 0 Å². The molecule has 0 spiro atoms. The third-order valence-corrected chi connectivity index (χ3v) is 6.30. The Morgan fingerprint density at radius 3 is 2.67 bits per heavy atom. The summed E-state index contributed by atoms with van der Waals surface area (Å²) in [6.45, 7) is 0. The van der Waals surface area contributed by atoms with Crippen LogP contribution in [-0.4, -0.2) is 54.3 Å². The SMILES string of the molecule is CN(C(=O)O)c1cc2c(cn1)c(-c1cn[nH]c1)nn2C1CCC(Oc2cccnc2C(F)(F)F)CC1. The highest BCUT2D eigenvalue weighted by atomic mass is 19.4. The summed E-state index contributed by atoms with van der Waals surface area (Å²) >= 11 is 0. The van der Waals surface area contributed by atoms with Crippen LogP contribution in [0.3, 0.4) is 0 Å². The lowest BCUT2D eigenvalue weighted by molar-refractivity contribution is -0.143. The molecule has 13 heteroatoms. The number of H-pyrrole nitrogens is 1. The molecule has 0 unspecified atom stereocenters. The molecule has 10 nitrogen and oxygen atoms in total. The number of fused-ring (bicyclic) bond motifs is 1. The number of hydrogen-bond donors (Lipinski definition) is 2. The number of hydrogen-bond acceptors (Lipinski definition) is 6. The maximum atomic E-state index is 13.3. The number of alkyl halides is 3. The highest BCUT2D eigenvalue weighted by Crippen LogP contribution is 2.39. The number of nitrogens with one attached hydrogen (secondary N) is 1. The van der Waals surface area contributed by atoms with E-state index in [0.29, 0.717) is 36.9 Å². The number of aromatic amines is 1. The Morgan fingerprint density at radius 2 is 2.00 bits per heavy atom. The second-order valence-electron chi connectivity index (χ2n) is 8.58. The van der Waals surface area contributed by atoms with Crippen molar-refractivity contribution < 1.29 is 27.8 Å². The molecule has 1 aliphatic carbocycles. The van der Waals surface area contributed by atoms with Crippen molar-refractivity contribution in [2.24, 2.45) is 0 Å². The summed E-state index contributed by atoms with van der Waals surface area (Å²) in [5.41, 5.74) is 1.09. The van der Waals surface area contributed by atoms with Crippen molar-refractivity contribution >= 4 is 22.8 Å². The normalized spacial score (nSPS) is 18.3. The highest BCUT2D eigenvalue weighted by Gasteiger charge is 2.37. The number of ether oxygens (including phenoxy) is 1. The van der Waals surface area contributed by atoms with Crippen molar-refractivity contribution in [1.82, 2.24) is 29.9 Å². The molecule has 5 rings (SSSR count). The Morgan fingerprint density at radius 1 is 1.22 bits per heavy atom. The van der Waals surface area contributed by atoms with Crippen LogP contribution in [0.4, 0.5) is 23.8 Å². The third-order valence-electron chi connectivity index (χ3n) is 6.30. The lowest BCUT2D eigenvalue weighted by atomic mass is 9.93. The van der Waals surface area contributed by atoms with Crippen LogP contribution in [0.25, 0.3) is 22.2 Å². The van der Waals surface area contributed by atoms with E-state index < -0.39 is 24.1 Å². The largest absolute Gasteiger partial charge is 0.488 e. The molecule has 1 aliphatic rings. The van der Waals surface area contributed by atoms with E-state index in [4.69, 9.17) is 9.84 Å². The number of nitrogens with zero attached hydrogens (tertiary/aromatic N) is 6. The van der Waals surface area contributed by atoms with Crippen LogP contribution in [0.15, 0.2) is 43.0 Å². The van der Waals surface area contributed by atoms with Gasteiger partial charge in [-0.1, -0.05) is 0 Å². The zero-order chi connectivity index (χ0) is 25.4. The molecule has 0 radical (unpaired) electrons. The molecule has 0 saturated heterocycles. The molecule has 1 fully saturated rings.